The minimum Gasteiger partial charge on any atom is -0.462 e. The molecular weight excluding hydrogens is 325 g/mol. The van der Waals surface area contributed by atoms with Crippen LogP contribution in [0.1, 0.15) is 17.2 Å². The number of aromatic nitrogens is 2. The minimum atomic E-state index is -4.47. The van der Waals surface area contributed by atoms with Crippen molar-refractivity contribution in [1.82, 2.24) is 14.9 Å². The Morgan fingerprint density at radius 2 is 1.79 bits per heavy atom. The molecule has 3 rings (SSSR count). The molecule has 0 spiro atoms. The van der Waals surface area contributed by atoms with Gasteiger partial charge in [-0.3, -0.25) is 4.90 Å². The average Bonchev–Trinajstić information content (AvgIpc) is 3.02. The van der Waals surface area contributed by atoms with Gasteiger partial charge < -0.3 is 14.4 Å². The van der Waals surface area contributed by atoms with Crippen molar-refractivity contribution in [2.45, 2.75) is 19.3 Å². The third kappa shape index (κ3) is 3.85. The van der Waals surface area contributed by atoms with Gasteiger partial charge in [-0.1, -0.05) is 0 Å². The van der Waals surface area contributed by atoms with E-state index in [1.54, 1.807) is 11.0 Å². The van der Waals surface area contributed by atoms with Crippen LogP contribution in [0.4, 0.5) is 19.1 Å². The van der Waals surface area contributed by atoms with Crippen molar-refractivity contribution in [3.05, 3.63) is 41.6 Å². The number of furan rings is 1. The highest BCUT2D eigenvalue weighted by Gasteiger charge is 2.33. The molecule has 2 aromatic heterocycles. The Hall–Kier alpha value is -2.13. The monoisotopic (exact) mass is 342 g/mol. The van der Waals surface area contributed by atoms with Gasteiger partial charge >= 0.3 is 6.18 Å². The van der Waals surface area contributed by atoms with E-state index in [0.717, 1.165) is 18.0 Å². The lowest BCUT2D eigenvalue weighted by molar-refractivity contribution is -0.141. The van der Waals surface area contributed by atoms with E-state index in [4.69, 9.17) is 9.52 Å². The van der Waals surface area contributed by atoms with E-state index in [2.05, 4.69) is 14.9 Å². The van der Waals surface area contributed by atoms with Gasteiger partial charge in [0.2, 0.25) is 5.95 Å². The van der Waals surface area contributed by atoms with Crippen LogP contribution in [0.3, 0.4) is 0 Å². The third-order valence-electron chi connectivity index (χ3n) is 3.84. The van der Waals surface area contributed by atoms with E-state index < -0.39 is 11.9 Å². The summed E-state index contributed by atoms with van der Waals surface area (Å²) in [5.41, 5.74) is -0.929. The number of aliphatic hydroxyl groups excluding tert-OH is 1. The molecular formula is C15H17F3N4O2. The van der Waals surface area contributed by atoms with Crippen molar-refractivity contribution < 1.29 is 22.7 Å². The Bertz CT molecular complexity index is 681. The third-order valence-corrected chi connectivity index (χ3v) is 3.84. The molecule has 0 atom stereocenters. The summed E-state index contributed by atoms with van der Waals surface area (Å²) in [6, 6.07) is 4.41. The Balaban J connectivity index is 1.59. The first kappa shape index (κ1) is 16.7. The normalized spacial score (nSPS) is 16.6. The number of rotatable bonds is 4. The van der Waals surface area contributed by atoms with E-state index in [9.17, 15) is 13.2 Å². The molecule has 1 fully saturated rings. The molecule has 130 valence electrons. The Kier molecular flexibility index (Phi) is 4.72. The fourth-order valence-corrected chi connectivity index (χ4v) is 2.58. The molecule has 0 amide bonds. The van der Waals surface area contributed by atoms with Crippen molar-refractivity contribution in [2.24, 2.45) is 0 Å². The van der Waals surface area contributed by atoms with Gasteiger partial charge in [-0.2, -0.15) is 13.2 Å². The van der Waals surface area contributed by atoms with Crippen LogP contribution in [0.2, 0.25) is 0 Å². The molecule has 3 heterocycles. The summed E-state index contributed by atoms with van der Waals surface area (Å²) in [5, 5.41) is 8.99. The maximum atomic E-state index is 12.7. The second kappa shape index (κ2) is 6.78. The van der Waals surface area contributed by atoms with Crippen LogP contribution in [-0.2, 0) is 19.3 Å². The Labute approximate surface area is 136 Å². The minimum absolute atomic E-state index is 0.102. The van der Waals surface area contributed by atoms with Crippen LogP contribution < -0.4 is 4.90 Å². The summed E-state index contributed by atoms with van der Waals surface area (Å²) in [7, 11) is 0. The highest BCUT2D eigenvalue weighted by atomic mass is 19.4. The predicted octanol–water partition coefficient (Wildman–Crippen LogP) is 1.90. The number of nitrogens with zero attached hydrogens (tertiary/aromatic N) is 4. The van der Waals surface area contributed by atoms with Crippen molar-refractivity contribution in [3.8, 4) is 0 Å². The smallest absolute Gasteiger partial charge is 0.433 e. The topological polar surface area (TPSA) is 65.6 Å². The highest BCUT2D eigenvalue weighted by molar-refractivity contribution is 5.31. The summed E-state index contributed by atoms with van der Waals surface area (Å²) in [5.74, 6) is 1.37. The van der Waals surface area contributed by atoms with Crippen LogP contribution in [0.5, 0.6) is 0 Å². The van der Waals surface area contributed by atoms with Crippen molar-refractivity contribution in [3.63, 3.8) is 0 Å². The standard InChI is InChI=1S/C15H17F3N4O2/c16-15(17,18)13-3-4-19-14(20-13)22-7-5-21(6-8-22)9-11-1-2-12(10-23)24-11/h1-4,23H,5-10H2. The van der Waals surface area contributed by atoms with Gasteiger partial charge in [0.1, 0.15) is 23.8 Å². The lowest BCUT2D eigenvalue weighted by atomic mass is 10.3. The van der Waals surface area contributed by atoms with Gasteiger partial charge in [0.15, 0.2) is 0 Å². The van der Waals surface area contributed by atoms with Gasteiger partial charge in [-0.25, -0.2) is 9.97 Å². The first-order chi connectivity index (χ1) is 11.5. The summed E-state index contributed by atoms with van der Waals surface area (Å²) in [4.78, 5) is 11.4. The van der Waals surface area contributed by atoms with Crippen LogP contribution in [0, 0.1) is 0 Å². The quantitative estimate of drug-likeness (QED) is 0.916. The van der Waals surface area contributed by atoms with Gasteiger partial charge in [0, 0.05) is 32.4 Å². The van der Waals surface area contributed by atoms with Gasteiger partial charge in [-0.15, -0.1) is 0 Å². The fraction of sp³-hybridized carbons (Fsp3) is 0.467. The molecule has 0 aliphatic carbocycles. The Morgan fingerprint density at radius 3 is 2.42 bits per heavy atom. The van der Waals surface area contributed by atoms with Crippen molar-refractivity contribution in [2.75, 3.05) is 31.1 Å². The first-order valence-electron chi connectivity index (χ1n) is 7.51. The molecule has 6 nitrogen and oxygen atoms in total. The van der Waals surface area contributed by atoms with Crippen LogP contribution >= 0.6 is 0 Å². The van der Waals surface area contributed by atoms with Gasteiger partial charge in [-0.05, 0) is 18.2 Å². The second-order valence-electron chi connectivity index (χ2n) is 5.53. The van der Waals surface area contributed by atoms with Crippen LogP contribution in [-0.4, -0.2) is 46.2 Å². The van der Waals surface area contributed by atoms with E-state index in [1.807, 2.05) is 6.07 Å². The molecule has 1 aliphatic rings. The fourth-order valence-electron chi connectivity index (χ4n) is 2.58. The largest absolute Gasteiger partial charge is 0.462 e. The van der Waals surface area contributed by atoms with E-state index in [1.165, 1.54) is 0 Å². The predicted molar refractivity (Wildman–Crippen MR) is 79.2 cm³/mol. The molecule has 0 radical (unpaired) electrons. The molecule has 24 heavy (non-hydrogen) atoms. The number of halogens is 3. The average molecular weight is 342 g/mol. The number of hydrogen-bond acceptors (Lipinski definition) is 6. The number of alkyl halides is 3. The number of aliphatic hydroxyl groups is 1. The zero-order valence-corrected chi connectivity index (χ0v) is 12.8. The van der Waals surface area contributed by atoms with E-state index in [-0.39, 0.29) is 12.6 Å². The molecule has 0 bridgehead atoms. The Morgan fingerprint density at radius 1 is 1.08 bits per heavy atom. The summed E-state index contributed by atoms with van der Waals surface area (Å²) in [6.07, 6.45) is -3.33. The molecule has 2 aromatic rings. The van der Waals surface area contributed by atoms with Crippen molar-refractivity contribution in [1.29, 1.82) is 0 Å². The second-order valence-corrected chi connectivity index (χ2v) is 5.53. The SMILES string of the molecule is OCc1ccc(CN2CCN(c3nccc(C(F)(F)F)n3)CC2)o1. The molecule has 0 unspecified atom stereocenters. The van der Waals surface area contributed by atoms with Gasteiger partial charge in [0.25, 0.3) is 0 Å². The number of hydrogen-bond donors (Lipinski definition) is 1. The number of piperazine rings is 1. The lowest BCUT2D eigenvalue weighted by Gasteiger charge is -2.34. The summed E-state index contributed by atoms with van der Waals surface area (Å²) in [6.45, 7) is 2.85. The molecule has 1 saturated heterocycles. The summed E-state index contributed by atoms with van der Waals surface area (Å²) < 4.78 is 43.6. The zero-order chi connectivity index (χ0) is 17.2. The highest BCUT2D eigenvalue weighted by Crippen LogP contribution is 2.28. The maximum absolute atomic E-state index is 12.7. The molecule has 1 aliphatic heterocycles. The molecule has 1 N–H and O–H groups in total. The molecule has 0 aromatic carbocycles. The van der Waals surface area contributed by atoms with Crippen LogP contribution in [0.25, 0.3) is 0 Å². The zero-order valence-electron chi connectivity index (χ0n) is 12.8. The van der Waals surface area contributed by atoms with E-state index in [0.29, 0.717) is 38.5 Å². The molecule has 9 heteroatoms. The van der Waals surface area contributed by atoms with Crippen molar-refractivity contribution >= 4 is 5.95 Å². The van der Waals surface area contributed by atoms with Crippen LogP contribution in [0.15, 0.2) is 28.8 Å². The first-order valence-corrected chi connectivity index (χ1v) is 7.51. The lowest BCUT2D eigenvalue weighted by Crippen LogP contribution is -2.46. The molecule has 0 saturated carbocycles. The van der Waals surface area contributed by atoms with Gasteiger partial charge in [0.05, 0.1) is 6.54 Å². The maximum Gasteiger partial charge on any atom is 0.433 e. The summed E-state index contributed by atoms with van der Waals surface area (Å²) >= 11 is 0. The number of anilines is 1. The van der Waals surface area contributed by atoms with E-state index >= 15 is 0 Å².